The van der Waals surface area contributed by atoms with Crippen molar-refractivity contribution in [3.8, 4) is 11.3 Å². The van der Waals surface area contributed by atoms with Crippen LogP contribution in [-0.2, 0) is 27.2 Å². The van der Waals surface area contributed by atoms with Crippen molar-refractivity contribution in [1.29, 1.82) is 0 Å². The lowest BCUT2D eigenvalue weighted by Gasteiger charge is -2.21. The van der Waals surface area contributed by atoms with Crippen LogP contribution in [-0.4, -0.2) is 64.8 Å². The number of nitrogens with one attached hydrogen (secondary N) is 1. The van der Waals surface area contributed by atoms with Gasteiger partial charge >= 0.3 is 0 Å². The number of aliphatic hydroxyl groups is 1. The third-order valence-electron chi connectivity index (χ3n) is 8.34. The lowest BCUT2D eigenvalue weighted by Crippen LogP contribution is -2.40. The van der Waals surface area contributed by atoms with E-state index in [1.165, 1.54) is 4.90 Å². The molecule has 3 aromatic rings. The monoisotopic (exact) mass is 590 g/mol. The summed E-state index contributed by atoms with van der Waals surface area (Å²) in [6.45, 7) is 2.22. The molecule has 220 valence electrons. The molecule has 2 aromatic carbocycles. The first kappa shape index (κ1) is 28.7. The Balaban J connectivity index is 1.12. The topological polar surface area (TPSA) is 114 Å². The number of aromatic nitrogens is 2. The molecule has 0 bridgehead atoms. The summed E-state index contributed by atoms with van der Waals surface area (Å²) >= 11 is 6.50. The van der Waals surface area contributed by atoms with Gasteiger partial charge in [0.05, 0.1) is 29.5 Å². The lowest BCUT2D eigenvalue weighted by molar-refractivity contribution is -0.122. The summed E-state index contributed by atoms with van der Waals surface area (Å²) in [5, 5.41) is 13.4. The Labute approximate surface area is 250 Å². The van der Waals surface area contributed by atoms with Gasteiger partial charge in [-0.3, -0.25) is 9.59 Å². The number of carbonyl (C=O) groups is 2. The maximum Gasteiger partial charge on any atom is 0.254 e. The first-order valence-corrected chi connectivity index (χ1v) is 15.0. The van der Waals surface area contributed by atoms with E-state index in [9.17, 15) is 14.7 Å². The predicted molar refractivity (Wildman–Crippen MR) is 157 cm³/mol. The van der Waals surface area contributed by atoms with E-state index in [4.69, 9.17) is 26.1 Å². The van der Waals surface area contributed by atoms with Gasteiger partial charge in [-0.25, -0.2) is 9.97 Å². The summed E-state index contributed by atoms with van der Waals surface area (Å²) in [6, 6.07) is 12.8. The van der Waals surface area contributed by atoms with Crippen molar-refractivity contribution >= 4 is 23.4 Å². The zero-order valence-corrected chi connectivity index (χ0v) is 24.2. The molecular weight excluding hydrogens is 556 g/mol. The number of fused-ring (bicyclic) bond motifs is 1. The molecule has 0 spiro atoms. The molecule has 2 saturated heterocycles. The molecule has 1 unspecified atom stereocenters. The van der Waals surface area contributed by atoms with Crippen LogP contribution in [0.1, 0.15) is 70.7 Å². The average molecular weight is 591 g/mol. The van der Waals surface area contributed by atoms with Crippen LogP contribution in [0.4, 0.5) is 0 Å². The summed E-state index contributed by atoms with van der Waals surface area (Å²) in [5.74, 6) is 0.640. The van der Waals surface area contributed by atoms with Crippen molar-refractivity contribution in [2.75, 3.05) is 33.0 Å². The smallest absolute Gasteiger partial charge is 0.254 e. The highest BCUT2D eigenvalue weighted by Gasteiger charge is 2.30. The van der Waals surface area contributed by atoms with E-state index in [2.05, 4.69) is 10.3 Å². The van der Waals surface area contributed by atoms with Crippen molar-refractivity contribution in [3.05, 3.63) is 81.8 Å². The number of hydrogen-bond donors (Lipinski definition) is 2. The van der Waals surface area contributed by atoms with E-state index in [0.717, 1.165) is 80.0 Å². The molecule has 42 heavy (non-hydrogen) atoms. The van der Waals surface area contributed by atoms with E-state index in [1.807, 2.05) is 36.4 Å². The van der Waals surface area contributed by atoms with Gasteiger partial charge in [0.2, 0.25) is 5.91 Å². The molecule has 1 aromatic heterocycles. The average Bonchev–Trinajstić information content (AvgIpc) is 3.66. The van der Waals surface area contributed by atoms with Crippen molar-refractivity contribution in [3.63, 3.8) is 0 Å². The molecule has 6 rings (SSSR count). The number of carbonyl (C=O) groups excluding carboxylic acids is 2. The molecule has 3 aliphatic rings. The maximum absolute atomic E-state index is 13.4. The first-order chi connectivity index (χ1) is 20.5. The van der Waals surface area contributed by atoms with Crippen LogP contribution in [0.15, 0.2) is 48.7 Å². The standard InChI is InChI=1S/C32H35ClN4O5/c33-26-16-34-29(13-20-8-11-41-12-9-20)36-31(26)23-6-7-24-17-37(32(40)25(24)15-23)18-30(39)35-27(19-38)21-3-1-4-22(14-21)28-5-2-10-42-28/h1,3-4,6-7,14-16,20,27-28,38H,2,5,8-13,17-19H2,(H,35,39)/t27-,28?/m1/s1. The number of hydrogen-bond acceptors (Lipinski definition) is 7. The molecule has 2 atom stereocenters. The molecule has 2 amide bonds. The minimum Gasteiger partial charge on any atom is -0.394 e. The molecule has 9 nitrogen and oxygen atoms in total. The second-order valence-corrected chi connectivity index (χ2v) is 11.7. The minimum absolute atomic E-state index is 0.0430. The Kier molecular flexibility index (Phi) is 8.81. The number of halogens is 1. The van der Waals surface area contributed by atoms with Gasteiger partial charge in [-0.2, -0.15) is 0 Å². The Morgan fingerprint density at radius 2 is 2.00 bits per heavy atom. The van der Waals surface area contributed by atoms with Crippen LogP contribution in [0, 0.1) is 5.92 Å². The number of benzene rings is 2. The van der Waals surface area contributed by atoms with Crippen LogP contribution in [0.3, 0.4) is 0 Å². The first-order valence-electron chi connectivity index (χ1n) is 14.6. The molecule has 2 N–H and O–H groups in total. The number of aliphatic hydroxyl groups excluding tert-OH is 1. The van der Waals surface area contributed by atoms with Gasteiger partial charge in [0.1, 0.15) is 12.4 Å². The number of amides is 2. The fraction of sp³-hybridized carbons (Fsp3) is 0.438. The van der Waals surface area contributed by atoms with Gasteiger partial charge in [0, 0.05) is 50.1 Å². The number of nitrogens with zero attached hydrogens (tertiary/aromatic N) is 3. The SMILES string of the molecule is O=C(CN1Cc2ccc(-c3nc(CC4CCOCC4)ncc3Cl)cc2C1=O)N[C@H](CO)c1cccc(C2CCCO2)c1. The van der Waals surface area contributed by atoms with Crippen molar-refractivity contribution in [2.24, 2.45) is 5.92 Å². The normalized spacial score (nSPS) is 19.6. The fourth-order valence-corrected chi connectivity index (χ4v) is 6.21. The van der Waals surface area contributed by atoms with Crippen molar-refractivity contribution in [1.82, 2.24) is 20.2 Å². The number of ether oxygens (including phenoxy) is 2. The zero-order chi connectivity index (χ0) is 29.1. The summed E-state index contributed by atoms with van der Waals surface area (Å²) in [6.07, 6.45) is 6.37. The molecule has 2 fully saturated rings. The third kappa shape index (κ3) is 6.34. The predicted octanol–water partition coefficient (Wildman–Crippen LogP) is 4.42. The molecule has 0 aliphatic carbocycles. The second kappa shape index (κ2) is 12.9. The van der Waals surface area contributed by atoms with Crippen LogP contribution in [0.5, 0.6) is 0 Å². The Morgan fingerprint density at radius 1 is 1.14 bits per heavy atom. The van der Waals surface area contributed by atoms with Crippen LogP contribution in [0.2, 0.25) is 5.02 Å². The molecule has 0 saturated carbocycles. The van der Waals surface area contributed by atoms with Crippen LogP contribution in [0.25, 0.3) is 11.3 Å². The summed E-state index contributed by atoms with van der Waals surface area (Å²) in [4.78, 5) is 37.1. The van der Waals surface area contributed by atoms with E-state index in [-0.39, 0.29) is 31.1 Å². The van der Waals surface area contributed by atoms with Gasteiger partial charge in [-0.15, -0.1) is 0 Å². The van der Waals surface area contributed by atoms with E-state index in [0.29, 0.717) is 28.7 Å². The van der Waals surface area contributed by atoms with Gasteiger partial charge in [0.15, 0.2) is 0 Å². The highest BCUT2D eigenvalue weighted by molar-refractivity contribution is 6.32. The van der Waals surface area contributed by atoms with E-state index >= 15 is 0 Å². The molecule has 0 radical (unpaired) electrons. The van der Waals surface area contributed by atoms with Gasteiger partial charge in [-0.05, 0) is 54.4 Å². The summed E-state index contributed by atoms with van der Waals surface area (Å²) in [7, 11) is 0. The third-order valence-corrected chi connectivity index (χ3v) is 8.61. The maximum atomic E-state index is 13.4. The van der Waals surface area contributed by atoms with Crippen molar-refractivity contribution < 1.29 is 24.2 Å². The van der Waals surface area contributed by atoms with E-state index < -0.39 is 6.04 Å². The van der Waals surface area contributed by atoms with Crippen LogP contribution >= 0.6 is 11.6 Å². The lowest BCUT2D eigenvalue weighted by atomic mass is 9.96. The Bertz CT molecular complexity index is 1450. The summed E-state index contributed by atoms with van der Waals surface area (Å²) in [5.41, 5.74) is 4.55. The van der Waals surface area contributed by atoms with Gasteiger partial charge in [0.25, 0.3) is 5.91 Å². The highest BCUT2D eigenvalue weighted by Crippen LogP contribution is 2.32. The number of rotatable bonds is 9. The molecule has 3 aliphatic heterocycles. The Hall–Kier alpha value is -3.37. The summed E-state index contributed by atoms with van der Waals surface area (Å²) < 4.78 is 11.2. The largest absolute Gasteiger partial charge is 0.394 e. The molecular formula is C32H35ClN4O5. The van der Waals surface area contributed by atoms with Gasteiger partial charge < -0.3 is 24.8 Å². The quantitative estimate of drug-likeness (QED) is 0.379. The van der Waals surface area contributed by atoms with E-state index in [1.54, 1.807) is 12.3 Å². The van der Waals surface area contributed by atoms with Crippen molar-refractivity contribution in [2.45, 2.75) is 50.8 Å². The fourth-order valence-electron chi connectivity index (χ4n) is 6.01. The minimum atomic E-state index is -0.583. The molecule has 10 heteroatoms. The zero-order valence-electron chi connectivity index (χ0n) is 23.4. The highest BCUT2D eigenvalue weighted by atomic mass is 35.5. The second-order valence-electron chi connectivity index (χ2n) is 11.3. The Morgan fingerprint density at radius 3 is 2.79 bits per heavy atom. The molecule has 4 heterocycles. The van der Waals surface area contributed by atoms with Gasteiger partial charge in [-0.1, -0.05) is 48.0 Å². The van der Waals surface area contributed by atoms with Crippen LogP contribution < -0.4 is 5.32 Å².